The van der Waals surface area contributed by atoms with Gasteiger partial charge < -0.3 is 13.6 Å². The fraction of sp³-hybridized carbons (Fsp3) is 0.316. The number of methoxy groups -OCH3 is 1. The number of aryl methyl sites for hydroxylation is 1. The summed E-state index contributed by atoms with van der Waals surface area (Å²) in [6.45, 7) is 4.20. The Labute approximate surface area is 151 Å². The van der Waals surface area contributed by atoms with Gasteiger partial charge in [0.25, 0.3) is 0 Å². The van der Waals surface area contributed by atoms with Crippen molar-refractivity contribution in [1.29, 1.82) is 0 Å². The van der Waals surface area contributed by atoms with Crippen LogP contribution in [0.25, 0.3) is 11.5 Å². The van der Waals surface area contributed by atoms with Crippen molar-refractivity contribution >= 4 is 5.97 Å². The van der Waals surface area contributed by atoms with E-state index >= 15 is 0 Å². The number of ether oxygens (including phenoxy) is 1. The van der Waals surface area contributed by atoms with Crippen LogP contribution in [0.1, 0.15) is 40.7 Å². The predicted octanol–water partition coefficient (Wildman–Crippen LogP) is 3.62. The molecule has 136 valence electrons. The van der Waals surface area contributed by atoms with Crippen LogP contribution in [-0.4, -0.2) is 35.2 Å². The Balaban J connectivity index is 1.71. The molecular formula is C19H21N3O4. The Bertz CT molecular complexity index is 885. The molecule has 2 heterocycles. The highest BCUT2D eigenvalue weighted by atomic mass is 16.5. The van der Waals surface area contributed by atoms with Crippen LogP contribution in [0.5, 0.6) is 0 Å². The lowest BCUT2D eigenvalue weighted by Gasteiger charge is -2.20. The number of hydrogen-bond acceptors (Lipinski definition) is 7. The van der Waals surface area contributed by atoms with Crippen molar-refractivity contribution in [2.75, 3.05) is 14.2 Å². The van der Waals surface area contributed by atoms with Gasteiger partial charge in [0, 0.05) is 5.56 Å². The zero-order valence-electron chi connectivity index (χ0n) is 15.2. The molecule has 3 rings (SSSR count). The second-order valence-corrected chi connectivity index (χ2v) is 6.08. The van der Waals surface area contributed by atoms with Gasteiger partial charge in [0.1, 0.15) is 17.1 Å². The number of carbonyl (C=O) groups is 1. The molecule has 1 aromatic carbocycles. The van der Waals surface area contributed by atoms with Crippen molar-refractivity contribution < 1.29 is 18.4 Å². The maximum absolute atomic E-state index is 11.7. The van der Waals surface area contributed by atoms with Crippen molar-refractivity contribution in [2.45, 2.75) is 26.4 Å². The van der Waals surface area contributed by atoms with E-state index in [0.29, 0.717) is 35.4 Å². The fourth-order valence-corrected chi connectivity index (χ4v) is 2.61. The average Bonchev–Trinajstić information content (AvgIpc) is 3.28. The summed E-state index contributed by atoms with van der Waals surface area (Å²) in [5, 5.41) is 8.28. The molecule has 0 bridgehead atoms. The molecule has 0 N–H and O–H groups in total. The summed E-state index contributed by atoms with van der Waals surface area (Å²) in [6.07, 6.45) is 0. The molecule has 0 fully saturated rings. The number of benzene rings is 1. The third-order valence-corrected chi connectivity index (χ3v) is 4.26. The Morgan fingerprint density at radius 1 is 1.23 bits per heavy atom. The Kier molecular flexibility index (Phi) is 5.18. The summed E-state index contributed by atoms with van der Waals surface area (Å²) >= 11 is 0. The topological polar surface area (TPSA) is 81.6 Å². The van der Waals surface area contributed by atoms with Crippen LogP contribution in [0, 0.1) is 6.92 Å². The molecule has 0 saturated heterocycles. The number of hydrogen-bond donors (Lipinski definition) is 0. The summed E-state index contributed by atoms with van der Waals surface area (Å²) in [7, 11) is 3.27. The fourth-order valence-electron chi connectivity index (χ4n) is 2.61. The minimum absolute atomic E-state index is 0.119. The number of furan rings is 1. The van der Waals surface area contributed by atoms with E-state index in [0.717, 1.165) is 5.56 Å². The number of nitrogens with zero attached hydrogens (tertiary/aromatic N) is 3. The first-order valence-corrected chi connectivity index (χ1v) is 8.26. The smallest absolute Gasteiger partial charge is 0.341 e. The normalized spacial score (nSPS) is 12.3. The van der Waals surface area contributed by atoms with Gasteiger partial charge in [0.05, 0.1) is 19.7 Å². The van der Waals surface area contributed by atoms with Gasteiger partial charge >= 0.3 is 5.97 Å². The van der Waals surface area contributed by atoms with Gasteiger partial charge in [-0.05, 0) is 39.1 Å². The molecule has 7 heteroatoms. The van der Waals surface area contributed by atoms with Gasteiger partial charge in [0.15, 0.2) is 0 Å². The minimum atomic E-state index is -0.405. The van der Waals surface area contributed by atoms with Crippen LogP contribution in [-0.2, 0) is 11.3 Å². The SMILES string of the molecule is COC(=O)c1cc(CN(C)C(C)c2nnc(-c3ccccc3)o2)oc1C. The molecule has 0 amide bonds. The number of carbonyl (C=O) groups excluding carboxylic acids is 1. The van der Waals surface area contributed by atoms with Crippen molar-refractivity contribution in [3.05, 3.63) is 59.4 Å². The van der Waals surface area contributed by atoms with E-state index < -0.39 is 5.97 Å². The summed E-state index contributed by atoms with van der Waals surface area (Å²) in [6, 6.07) is 11.2. The lowest BCUT2D eigenvalue weighted by molar-refractivity contribution is 0.0599. The van der Waals surface area contributed by atoms with E-state index in [1.54, 1.807) is 13.0 Å². The standard InChI is InChI=1S/C19H21N3O4/c1-12(17-20-21-18(26-17)14-8-6-5-7-9-14)22(3)11-15-10-16(13(2)25-15)19(23)24-4/h5-10,12H,11H2,1-4H3. The molecule has 7 nitrogen and oxygen atoms in total. The molecule has 0 radical (unpaired) electrons. The lowest BCUT2D eigenvalue weighted by Crippen LogP contribution is -2.22. The van der Waals surface area contributed by atoms with Crippen LogP contribution in [0.2, 0.25) is 0 Å². The molecule has 3 aromatic rings. The first-order chi connectivity index (χ1) is 12.5. The summed E-state index contributed by atoms with van der Waals surface area (Å²) in [5.74, 6) is 1.81. The lowest BCUT2D eigenvalue weighted by atomic mass is 10.2. The van der Waals surface area contributed by atoms with E-state index in [2.05, 4.69) is 10.2 Å². The quantitative estimate of drug-likeness (QED) is 0.625. The molecule has 26 heavy (non-hydrogen) atoms. The molecule has 0 spiro atoms. The van der Waals surface area contributed by atoms with Crippen molar-refractivity contribution in [3.63, 3.8) is 0 Å². The molecule has 0 aliphatic rings. The summed E-state index contributed by atoms with van der Waals surface area (Å²) in [5.41, 5.74) is 1.32. The first-order valence-electron chi connectivity index (χ1n) is 8.26. The molecule has 1 unspecified atom stereocenters. The zero-order valence-corrected chi connectivity index (χ0v) is 15.2. The van der Waals surface area contributed by atoms with Gasteiger partial charge in [-0.3, -0.25) is 4.90 Å². The number of esters is 1. The molecular weight excluding hydrogens is 334 g/mol. The summed E-state index contributed by atoms with van der Waals surface area (Å²) in [4.78, 5) is 13.7. The third kappa shape index (κ3) is 3.67. The van der Waals surface area contributed by atoms with Gasteiger partial charge in [0.2, 0.25) is 11.8 Å². The largest absolute Gasteiger partial charge is 0.465 e. The second-order valence-electron chi connectivity index (χ2n) is 6.08. The van der Waals surface area contributed by atoms with Crippen molar-refractivity contribution in [3.8, 4) is 11.5 Å². The Hall–Kier alpha value is -2.93. The highest BCUT2D eigenvalue weighted by molar-refractivity contribution is 5.90. The Morgan fingerprint density at radius 2 is 1.96 bits per heavy atom. The van der Waals surface area contributed by atoms with Crippen molar-refractivity contribution in [2.24, 2.45) is 0 Å². The highest BCUT2D eigenvalue weighted by Gasteiger charge is 2.22. The first kappa shape index (κ1) is 17.9. The van der Waals surface area contributed by atoms with Crippen LogP contribution < -0.4 is 0 Å². The molecule has 1 atom stereocenters. The van der Waals surface area contributed by atoms with Gasteiger partial charge in [-0.15, -0.1) is 10.2 Å². The van der Waals surface area contributed by atoms with Gasteiger partial charge in [-0.2, -0.15) is 0 Å². The number of rotatable bonds is 6. The van der Waals surface area contributed by atoms with Crippen LogP contribution in [0.3, 0.4) is 0 Å². The maximum Gasteiger partial charge on any atom is 0.341 e. The van der Waals surface area contributed by atoms with Crippen LogP contribution in [0.15, 0.2) is 45.2 Å². The second kappa shape index (κ2) is 7.53. The van der Waals surface area contributed by atoms with E-state index in [1.165, 1.54) is 7.11 Å². The molecule has 2 aromatic heterocycles. The molecule has 0 saturated carbocycles. The summed E-state index contributed by atoms with van der Waals surface area (Å²) < 4.78 is 16.2. The Morgan fingerprint density at radius 3 is 2.65 bits per heavy atom. The predicted molar refractivity (Wildman–Crippen MR) is 94.4 cm³/mol. The van der Waals surface area contributed by atoms with Gasteiger partial charge in [-0.1, -0.05) is 18.2 Å². The van der Waals surface area contributed by atoms with Crippen LogP contribution >= 0.6 is 0 Å². The van der Waals surface area contributed by atoms with E-state index in [9.17, 15) is 4.79 Å². The average molecular weight is 355 g/mol. The van der Waals surface area contributed by atoms with E-state index in [-0.39, 0.29) is 6.04 Å². The van der Waals surface area contributed by atoms with E-state index in [1.807, 2.05) is 49.2 Å². The van der Waals surface area contributed by atoms with E-state index in [4.69, 9.17) is 13.6 Å². The van der Waals surface area contributed by atoms with Crippen molar-refractivity contribution in [1.82, 2.24) is 15.1 Å². The zero-order chi connectivity index (χ0) is 18.7. The minimum Gasteiger partial charge on any atom is -0.465 e. The monoisotopic (exact) mass is 355 g/mol. The van der Waals surface area contributed by atoms with Crippen LogP contribution in [0.4, 0.5) is 0 Å². The number of aromatic nitrogens is 2. The third-order valence-electron chi connectivity index (χ3n) is 4.26. The molecule has 0 aliphatic carbocycles. The highest BCUT2D eigenvalue weighted by Crippen LogP contribution is 2.25. The molecule has 0 aliphatic heterocycles. The van der Waals surface area contributed by atoms with Gasteiger partial charge in [-0.25, -0.2) is 4.79 Å². The maximum atomic E-state index is 11.7.